The number of carboxylic acids is 1. The summed E-state index contributed by atoms with van der Waals surface area (Å²) >= 11 is 0. The minimum absolute atomic E-state index is 0.204. The molecule has 134 valence electrons. The second kappa shape index (κ2) is 6.31. The molecule has 0 amide bonds. The largest absolute Gasteiger partial charge is 0.495 e. The Morgan fingerprint density at radius 3 is 2.08 bits per heavy atom. The van der Waals surface area contributed by atoms with Crippen molar-refractivity contribution in [3.63, 3.8) is 0 Å². The first kappa shape index (κ1) is 19.8. The highest BCUT2D eigenvalue weighted by molar-refractivity contribution is 6.83. The molecule has 6 heteroatoms. The van der Waals surface area contributed by atoms with Gasteiger partial charge in [0.15, 0.2) is 0 Å². The second-order valence-electron chi connectivity index (χ2n) is 8.63. The van der Waals surface area contributed by atoms with E-state index in [0.29, 0.717) is 0 Å². The predicted molar refractivity (Wildman–Crippen MR) is 104 cm³/mol. The van der Waals surface area contributed by atoms with Gasteiger partial charge in [-0.2, -0.15) is 0 Å². The van der Waals surface area contributed by atoms with Crippen LogP contribution in [0.25, 0.3) is 0 Å². The number of rotatable bonds is 2. The molecule has 0 bridgehead atoms. The smallest absolute Gasteiger partial charge is 0.478 e. The Labute approximate surface area is 152 Å². The van der Waals surface area contributed by atoms with E-state index in [1.165, 1.54) is 0 Å². The monoisotopic (exact) mass is 358 g/mol. The zero-order valence-electron chi connectivity index (χ0n) is 16.4. The normalized spacial score (nSPS) is 18.6. The summed E-state index contributed by atoms with van der Waals surface area (Å²) in [5.74, 6) is 2.21. The average Bonchev–Trinajstić information content (AvgIpc) is 2.64. The summed E-state index contributed by atoms with van der Waals surface area (Å²) < 4.78 is 12.2. The van der Waals surface area contributed by atoms with Gasteiger partial charge < -0.3 is 14.4 Å². The Kier molecular flexibility index (Phi) is 4.99. The van der Waals surface area contributed by atoms with Gasteiger partial charge in [0.2, 0.25) is 0 Å². The Balaban J connectivity index is 2.57. The first-order valence-electron chi connectivity index (χ1n) is 8.50. The van der Waals surface area contributed by atoms with Crippen LogP contribution in [0.5, 0.6) is 0 Å². The third kappa shape index (κ3) is 4.17. The van der Waals surface area contributed by atoms with Crippen LogP contribution in [0.2, 0.25) is 19.6 Å². The lowest BCUT2D eigenvalue weighted by Gasteiger charge is -2.32. The van der Waals surface area contributed by atoms with Gasteiger partial charge >= 0.3 is 13.1 Å². The summed E-state index contributed by atoms with van der Waals surface area (Å²) in [5, 5.41) is 9.48. The topological polar surface area (TPSA) is 55.8 Å². The van der Waals surface area contributed by atoms with Crippen LogP contribution in [0.1, 0.15) is 49.2 Å². The third-order valence-electron chi connectivity index (χ3n) is 4.77. The summed E-state index contributed by atoms with van der Waals surface area (Å²) in [4.78, 5) is 11.6. The van der Waals surface area contributed by atoms with Crippen LogP contribution in [0, 0.1) is 18.4 Å². The fourth-order valence-corrected chi connectivity index (χ4v) is 2.97. The van der Waals surface area contributed by atoms with E-state index in [0.717, 1.165) is 16.6 Å². The van der Waals surface area contributed by atoms with Gasteiger partial charge in [0.05, 0.1) is 16.8 Å². The van der Waals surface area contributed by atoms with Gasteiger partial charge in [0.1, 0.15) is 8.07 Å². The van der Waals surface area contributed by atoms with Crippen LogP contribution in [0.4, 0.5) is 0 Å². The SMILES string of the molecule is Cc1c(C#C[Si](C)(C)C)cc(C(=O)O)cc1B1OC(C)(C)C(C)(C)O1. The third-order valence-corrected chi connectivity index (χ3v) is 5.65. The molecule has 1 heterocycles. The highest BCUT2D eigenvalue weighted by atomic mass is 28.3. The first-order chi connectivity index (χ1) is 11.2. The number of carboxylic acid groups (broad SMARTS) is 1. The fraction of sp³-hybridized carbons (Fsp3) is 0.526. The van der Waals surface area contributed by atoms with Gasteiger partial charge in [-0.05, 0) is 57.8 Å². The molecule has 0 spiro atoms. The van der Waals surface area contributed by atoms with Gasteiger partial charge in [-0.1, -0.05) is 25.6 Å². The Bertz CT molecular complexity index is 750. The van der Waals surface area contributed by atoms with E-state index in [1.807, 2.05) is 34.6 Å². The van der Waals surface area contributed by atoms with Crippen molar-refractivity contribution in [3.8, 4) is 11.5 Å². The summed E-state index contributed by atoms with van der Waals surface area (Å²) in [7, 11) is -2.17. The molecule has 4 nitrogen and oxygen atoms in total. The molecule has 1 aliphatic heterocycles. The Morgan fingerprint density at radius 2 is 1.64 bits per heavy atom. The molecule has 1 aromatic rings. The van der Waals surface area contributed by atoms with Crippen molar-refractivity contribution in [2.75, 3.05) is 0 Å². The van der Waals surface area contributed by atoms with Crippen molar-refractivity contribution >= 4 is 26.6 Å². The summed E-state index contributed by atoms with van der Waals surface area (Å²) in [6, 6.07) is 3.28. The quantitative estimate of drug-likeness (QED) is 0.652. The molecule has 0 unspecified atom stereocenters. The van der Waals surface area contributed by atoms with Gasteiger partial charge in [0.25, 0.3) is 0 Å². The van der Waals surface area contributed by atoms with E-state index in [4.69, 9.17) is 9.31 Å². The number of hydrogen-bond acceptors (Lipinski definition) is 3. The Hall–Kier alpha value is -1.55. The highest BCUT2D eigenvalue weighted by Gasteiger charge is 2.52. The molecular formula is C19H27BO4Si. The van der Waals surface area contributed by atoms with E-state index in [-0.39, 0.29) is 5.56 Å². The minimum Gasteiger partial charge on any atom is -0.478 e. The summed E-state index contributed by atoms with van der Waals surface area (Å²) in [5.41, 5.74) is 4.93. The van der Waals surface area contributed by atoms with Crippen molar-refractivity contribution in [2.24, 2.45) is 0 Å². The Morgan fingerprint density at radius 1 is 1.12 bits per heavy atom. The molecule has 0 radical (unpaired) electrons. The molecule has 1 fully saturated rings. The van der Waals surface area contributed by atoms with Crippen molar-refractivity contribution in [2.45, 2.75) is 65.5 Å². The van der Waals surface area contributed by atoms with Crippen molar-refractivity contribution in [1.29, 1.82) is 0 Å². The number of benzene rings is 1. The highest BCUT2D eigenvalue weighted by Crippen LogP contribution is 2.36. The number of aromatic carboxylic acids is 1. The standard InChI is InChI=1S/C19H27BO4Si/c1-13-14(9-10-25(6,7)8)11-15(17(21)22)12-16(13)20-23-18(2,3)19(4,5)24-20/h11-12H,1-8H3,(H,21,22). The minimum atomic E-state index is -1.57. The average molecular weight is 358 g/mol. The maximum Gasteiger partial charge on any atom is 0.495 e. The molecule has 0 aromatic heterocycles. The van der Waals surface area contributed by atoms with Crippen molar-refractivity contribution in [1.82, 2.24) is 0 Å². The number of carbonyl (C=O) groups is 1. The molecule has 0 saturated carbocycles. The first-order valence-corrected chi connectivity index (χ1v) is 12.0. The number of hydrogen-bond donors (Lipinski definition) is 1. The summed E-state index contributed by atoms with van der Waals surface area (Å²) in [6.45, 7) is 16.3. The van der Waals surface area contributed by atoms with Crippen LogP contribution in [-0.4, -0.2) is 37.5 Å². The maximum atomic E-state index is 11.6. The van der Waals surface area contributed by atoms with Crippen LogP contribution in [0.3, 0.4) is 0 Å². The zero-order valence-corrected chi connectivity index (χ0v) is 17.4. The van der Waals surface area contributed by atoms with Crippen LogP contribution in [0.15, 0.2) is 12.1 Å². The van der Waals surface area contributed by atoms with Gasteiger partial charge in [-0.3, -0.25) is 0 Å². The summed E-state index contributed by atoms with van der Waals surface area (Å²) in [6.07, 6.45) is 0. The van der Waals surface area contributed by atoms with E-state index < -0.39 is 32.4 Å². The van der Waals surface area contributed by atoms with E-state index in [2.05, 4.69) is 31.1 Å². The van der Waals surface area contributed by atoms with E-state index in [9.17, 15) is 9.90 Å². The maximum absolute atomic E-state index is 11.6. The molecule has 1 aromatic carbocycles. The fourth-order valence-electron chi connectivity index (χ4n) is 2.46. The van der Waals surface area contributed by atoms with Gasteiger partial charge in [-0.15, -0.1) is 5.54 Å². The molecule has 1 aliphatic rings. The molecule has 2 rings (SSSR count). The molecule has 1 N–H and O–H groups in total. The van der Waals surface area contributed by atoms with Crippen LogP contribution >= 0.6 is 0 Å². The molecule has 1 saturated heterocycles. The molecule has 0 aliphatic carbocycles. The lowest BCUT2D eigenvalue weighted by atomic mass is 9.74. The van der Waals surface area contributed by atoms with Crippen LogP contribution in [-0.2, 0) is 9.31 Å². The van der Waals surface area contributed by atoms with Gasteiger partial charge in [-0.25, -0.2) is 4.79 Å². The lowest BCUT2D eigenvalue weighted by molar-refractivity contribution is 0.00578. The van der Waals surface area contributed by atoms with Crippen molar-refractivity contribution < 1.29 is 19.2 Å². The molecule has 25 heavy (non-hydrogen) atoms. The van der Waals surface area contributed by atoms with E-state index in [1.54, 1.807) is 12.1 Å². The van der Waals surface area contributed by atoms with Crippen LogP contribution < -0.4 is 5.46 Å². The zero-order chi connectivity index (χ0) is 19.2. The van der Waals surface area contributed by atoms with Gasteiger partial charge in [0, 0.05) is 5.56 Å². The van der Waals surface area contributed by atoms with E-state index >= 15 is 0 Å². The molecule has 0 atom stereocenters. The van der Waals surface area contributed by atoms with Crippen molar-refractivity contribution in [3.05, 3.63) is 28.8 Å². The second-order valence-corrected chi connectivity index (χ2v) is 13.4. The lowest BCUT2D eigenvalue weighted by Crippen LogP contribution is -2.41. The predicted octanol–water partition coefficient (Wildman–Crippen LogP) is 3.22. The molecular weight excluding hydrogens is 331 g/mol.